The summed E-state index contributed by atoms with van der Waals surface area (Å²) in [6.07, 6.45) is 1.26. The second-order valence-corrected chi connectivity index (χ2v) is 4.65. The first-order valence-corrected chi connectivity index (χ1v) is 6.87. The van der Waals surface area contributed by atoms with Crippen LogP contribution in [0.5, 0.6) is 11.5 Å². The van der Waals surface area contributed by atoms with E-state index in [1.165, 1.54) is 18.2 Å². The number of hydrogen-bond acceptors (Lipinski definition) is 5. The highest BCUT2D eigenvalue weighted by Crippen LogP contribution is 2.31. The molecule has 2 rings (SSSR count). The second kappa shape index (κ2) is 7.21. The maximum absolute atomic E-state index is 11.1. The summed E-state index contributed by atoms with van der Waals surface area (Å²) in [6, 6.07) is 13.0. The summed E-state index contributed by atoms with van der Waals surface area (Å²) in [5, 5.41) is 14.0. The highest BCUT2D eigenvalue weighted by molar-refractivity contribution is 5.71. The van der Waals surface area contributed by atoms with Crippen molar-refractivity contribution in [3.05, 3.63) is 58.6 Å². The lowest BCUT2D eigenvalue weighted by Gasteiger charge is -2.13. The number of anilines is 1. The fourth-order valence-corrected chi connectivity index (χ4v) is 1.91. The Morgan fingerprint density at radius 3 is 2.55 bits per heavy atom. The number of nitro groups is 1. The highest BCUT2D eigenvalue weighted by atomic mass is 16.6. The van der Waals surface area contributed by atoms with E-state index in [1.807, 2.05) is 25.1 Å². The molecule has 6 nitrogen and oxygen atoms in total. The maximum Gasteiger partial charge on any atom is 0.292 e. The van der Waals surface area contributed by atoms with E-state index in [0.717, 1.165) is 6.29 Å². The third-order valence-corrected chi connectivity index (χ3v) is 3.09. The SMILES string of the molecule is CCC(C=O)Nc1cc(Oc2ccccc2)ccc1[N+](=O)[O-]. The van der Waals surface area contributed by atoms with Crippen molar-refractivity contribution in [3.8, 4) is 11.5 Å². The third-order valence-electron chi connectivity index (χ3n) is 3.09. The zero-order chi connectivity index (χ0) is 15.9. The van der Waals surface area contributed by atoms with Gasteiger partial charge in [-0.05, 0) is 24.6 Å². The molecule has 6 heteroatoms. The molecule has 0 saturated heterocycles. The molecule has 114 valence electrons. The number of para-hydroxylation sites is 1. The molecule has 0 spiro atoms. The Morgan fingerprint density at radius 2 is 1.95 bits per heavy atom. The molecule has 0 aliphatic rings. The van der Waals surface area contributed by atoms with Crippen molar-refractivity contribution in [3.63, 3.8) is 0 Å². The fourth-order valence-electron chi connectivity index (χ4n) is 1.91. The largest absolute Gasteiger partial charge is 0.457 e. The van der Waals surface area contributed by atoms with Crippen molar-refractivity contribution in [1.29, 1.82) is 0 Å². The topological polar surface area (TPSA) is 81.5 Å². The van der Waals surface area contributed by atoms with Gasteiger partial charge < -0.3 is 14.8 Å². The number of benzene rings is 2. The van der Waals surface area contributed by atoms with Crippen molar-refractivity contribution >= 4 is 17.7 Å². The molecule has 0 heterocycles. The van der Waals surface area contributed by atoms with Gasteiger partial charge in [0, 0.05) is 12.1 Å². The zero-order valence-electron chi connectivity index (χ0n) is 12.1. The van der Waals surface area contributed by atoms with Crippen LogP contribution in [0.15, 0.2) is 48.5 Å². The lowest BCUT2D eigenvalue weighted by Crippen LogP contribution is -2.20. The van der Waals surface area contributed by atoms with Crippen LogP contribution in [0.2, 0.25) is 0 Å². The molecular formula is C16H16N2O4. The van der Waals surface area contributed by atoms with Gasteiger partial charge in [0.05, 0.1) is 11.0 Å². The quantitative estimate of drug-likeness (QED) is 0.478. The Kier molecular flexibility index (Phi) is 5.08. The summed E-state index contributed by atoms with van der Waals surface area (Å²) in [5.74, 6) is 1.09. The van der Waals surface area contributed by atoms with E-state index < -0.39 is 11.0 Å². The van der Waals surface area contributed by atoms with Gasteiger partial charge in [-0.2, -0.15) is 0 Å². The molecule has 0 aromatic heterocycles. The van der Waals surface area contributed by atoms with Gasteiger partial charge in [-0.1, -0.05) is 25.1 Å². The molecule has 0 amide bonds. The first-order chi connectivity index (χ1) is 10.6. The van der Waals surface area contributed by atoms with Gasteiger partial charge in [0.25, 0.3) is 5.69 Å². The summed E-state index contributed by atoms with van der Waals surface area (Å²) < 4.78 is 5.65. The standard InChI is InChI=1S/C16H16N2O4/c1-2-12(11-19)17-15-10-14(8-9-16(15)18(20)21)22-13-6-4-3-5-7-13/h3-12,17H,2H2,1H3. The van der Waals surface area contributed by atoms with Crippen LogP contribution in [0.1, 0.15) is 13.3 Å². The molecular weight excluding hydrogens is 284 g/mol. The van der Waals surface area contributed by atoms with Gasteiger partial charge in [-0.25, -0.2) is 0 Å². The first kappa shape index (κ1) is 15.5. The van der Waals surface area contributed by atoms with Gasteiger partial charge in [0.1, 0.15) is 23.5 Å². The number of aldehydes is 1. The smallest absolute Gasteiger partial charge is 0.292 e. The van der Waals surface area contributed by atoms with Crippen LogP contribution >= 0.6 is 0 Å². The number of nitrogens with one attached hydrogen (secondary N) is 1. The van der Waals surface area contributed by atoms with Crippen molar-refractivity contribution < 1.29 is 14.5 Å². The number of carbonyl (C=O) groups is 1. The Bertz CT molecular complexity index is 658. The summed E-state index contributed by atoms with van der Waals surface area (Å²) in [6.45, 7) is 1.82. The molecule has 0 saturated carbocycles. The predicted molar refractivity (Wildman–Crippen MR) is 83.4 cm³/mol. The number of nitrogens with zero attached hydrogens (tertiary/aromatic N) is 1. The van der Waals surface area contributed by atoms with E-state index in [2.05, 4.69) is 5.32 Å². The molecule has 0 radical (unpaired) electrons. The Labute approximate surface area is 127 Å². The summed E-state index contributed by atoms with van der Waals surface area (Å²) in [5.41, 5.74) is 0.165. The third kappa shape index (κ3) is 3.82. The summed E-state index contributed by atoms with van der Waals surface area (Å²) in [4.78, 5) is 21.5. The molecule has 2 aromatic rings. The van der Waals surface area contributed by atoms with Crippen LogP contribution in [-0.2, 0) is 4.79 Å². The summed E-state index contributed by atoms with van der Waals surface area (Å²) in [7, 11) is 0. The average Bonchev–Trinajstić information content (AvgIpc) is 2.53. The van der Waals surface area contributed by atoms with Gasteiger partial charge in [-0.3, -0.25) is 10.1 Å². The van der Waals surface area contributed by atoms with Gasteiger partial charge in [0.15, 0.2) is 0 Å². The number of hydrogen-bond donors (Lipinski definition) is 1. The number of rotatable bonds is 7. The lowest BCUT2D eigenvalue weighted by atomic mass is 10.2. The molecule has 1 N–H and O–H groups in total. The number of carbonyl (C=O) groups excluding carboxylic acids is 1. The van der Waals surface area contributed by atoms with Crippen molar-refractivity contribution in [1.82, 2.24) is 0 Å². The predicted octanol–water partition coefficient (Wildman–Crippen LogP) is 3.78. The molecule has 0 aliphatic heterocycles. The van der Waals surface area contributed by atoms with Crippen molar-refractivity contribution in [2.45, 2.75) is 19.4 Å². The van der Waals surface area contributed by atoms with E-state index in [9.17, 15) is 14.9 Å². The number of nitro benzene ring substituents is 1. The minimum atomic E-state index is -0.494. The van der Waals surface area contributed by atoms with E-state index in [0.29, 0.717) is 17.9 Å². The second-order valence-electron chi connectivity index (χ2n) is 4.65. The molecule has 0 bridgehead atoms. The minimum Gasteiger partial charge on any atom is -0.457 e. The first-order valence-electron chi connectivity index (χ1n) is 6.87. The average molecular weight is 300 g/mol. The molecule has 0 fully saturated rings. The van der Waals surface area contributed by atoms with E-state index in [-0.39, 0.29) is 11.4 Å². The molecule has 0 aliphatic carbocycles. The van der Waals surface area contributed by atoms with E-state index in [4.69, 9.17) is 4.74 Å². The number of ether oxygens (including phenoxy) is 1. The normalized spacial score (nSPS) is 11.5. The van der Waals surface area contributed by atoms with Crippen LogP contribution in [-0.4, -0.2) is 17.3 Å². The van der Waals surface area contributed by atoms with Gasteiger partial charge >= 0.3 is 0 Å². The van der Waals surface area contributed by atoms with Crippen LogP contribution in [0.4, 0.5) is 11.4 Å². The fraction of sp³-hybridized carbons (Fsp3) is 0.188. The lowest BCUT2D eigenvalue weighted by molar-refractivity contribution is -0.384. The molecule has 2 aromatic carbocycles. The molecule has 1 atom stereocenters. The van der Waals surface area contributed by atoms with Crippen LogP contribution < -0.4 is 10.1 Å². The molecule has 22 heavy (non-hydrogen) atoms. The van der Waals surface area contributed by atoms with Crippen LogP contribution in [0, 0.1) is 10.1 Å². The Balaban J connectivity index is 2.30. The molecule has 1 unspecified atom stereocenters. The highest BCUT2D eigenvalue weighted by Gasteiger charge is 2.17. The van der Waals surface area contributed by atoms with Crippen molar-refractivity contribution in [2.75, 3.05) is 5.32 Å². The maximum atomic E-state index is 11.1. The monoisotopic (exact) mass is 300 g/mol. The van der Waals surface area contributed by atoms with Crippen LogP contribution in [0.3, 0.4) is 0 Å². The Morgan fingerprint density at radius 1 is 1.23 bits per heavy atom. The van der Waals surface area contributed by atoms with Gasteiger partial charge in [0.2, 0.25) is 0 Å². The van der Waals surface area contributed by atoms with E-state index >= 15 is 0 Å². The van der Waals surface area contributed by atoms with Crippen molar-refractivity contribution in [2.24, 2.45) is 0 Å². The zero-order valence-corrected chi connectivity index (χ0v) is 12.1. The van der Waals surface area contributed by atoms with E-state index in [1.54, 1.807) is 12.1 Å². The van der Waals surface area contributed by atoms with Gasteiger partial charge in [-0.15, -0.1) is 0 Å². The summed E-state index contributed by atoms with van der Waals surface area (Å²) >= 11 is 0. The minimum absolute atomic E-state index is 0.0966. The Hall–Kier alpha value is -2.89. The van der Waals surface area contributed by atoms with Crippen LogP contribution in [0.25, 0.3) is 0 Å².